The van der Waals surface area contributed by atoms with Crippen LogP contribution >= 0.6 is 23.1 Å². The van der Waals surface area contributed by atoms with Gasteiger partial charge in [0, 0.05) is 18.8 Å². The number of hydrogen-bond donors (Lipinski definition) is 0. The average Bonchev–Trinajstić information content (AvgIpc) is 3.23. The van der Waals surface area contributed by atoms with Gasteiger partial charge in [0.1, 0.15) is 6.04 Å². The van der Waals surface area contributed by atoms with Gasteiger partial charge in [-0.2, -0.15) is 11.3 Å². The van der Waals surface area contributed by atoms with Gasteiger partial charge in [0.2, 0.25) is 5.91 Å². The van der Waals surface area contributed by atoms with Crippen molar-refractivity contribution in [1.82, 2.24) is 9.80 Å². The molecule has 2 aliphatic heterocycles. The van der Waals surface area contributed by atoms with E-state index in [0.717, 1.165) is 16.9 Å². The van der Waals surface area contributed by atoms with Gasteiger partial charge in [0.05, 0.1) is 6.04 Å². The Balaban J connectivity index is 1.60. The number of nitrogens with zero attached hydrogens (tertiary/aromatic N) is 2. The van der Waals surface area contributed by atoms with E-state index in [0.29, 0.717) is 13.1 Å². The Morgan fingerprint density at radius 3 is 2.54 bits per heavy atom. The zero-order chi connectivity index (χ0) is 16.7. The molecule has 4 rings (SSSR count). The number of carbonyl (C=O) groups excluding carboxylic acids is 2. The molecule has 24 heavy (non-hydrogen) atoms. The van der Waals surface area contributed by atoms with Gasteiger partial charge >= 0.3 is 0 Å². The van der Waals surface area contributed by atoms with Crippen molar-refractivity contribution in [3.05, 3.63) is 57.8 Å². The number of β-lactam (4-membered cyclic amide) rings is 1. The van der Waals surface area contributed by atoms with E-state index in [9.17, 15) is 9.59 Å². The standard InChI is InChI=1S/C18H18N2O2S2/c1-12-2-4-13(5-3-12)10-20-15(14-6-8-23-11-14)16(17(20)21)19-7-9-24-18(19)22/h2-6,8,11,15-16H,7,9-10H2,1H3/t15-,16-/m0/s1. The van der Waals surface area contributed by atoms with Crippen LogP contribution in [-0.2, 0) is 11.3 Å². The molecule has 2 saturated heterocycles. The summed E-state index contributed by atoms with van der Waals surface area (Å²) in [6.07, 6.45) is 0. The summed E-state index contributed by atoms with van der Waals surface area (Å²) >= 11 is 2.94. The van der Waals surface area contributed by atoms with Crippen LogP contribution in [0.3, 0.4) is 0 Å². The van der Waals surface area contributed by atoms with E-state index in [-0.39, 0.29) is 23.2 Å². The van der Waals surface area contributed by atoms with E-state index in [1.54, 1.807) is 16.2 Å². The van der Waals surface area contributed by atoms with Gasteiger partial charge in [0.25, 0.3) is 5.24 Å². The number of rotatable bonds is 4. The van der Waals surface area contributed by atoms with Crippen molar-refractivity contribution in [3.63, 3.8) is 0 Å². The van der Waals surface area contributed by atoms with Crippen LogP contribution in [-0.4, -0.2) is 39.3 Å². The predicted molar refractivity (Wildman–Crippen MR) is 97.1 cm³/mol. The molecule has 124 valence electrons. The van der Waals surface area contributed by atoms with Crippen molar-refractivity contribution in [2.45, 2.75) is 25.6 Å². The molecule has 0 radical (unpaired) electrons. The molecule has 2 fully saturated rings. The fourth-order valence-electron chi connectivity index (χ4n) is 3.36. The summed E-state index contributed by atoms with van der Waals surface area (Å²) in [6.45, 7) is 3.31. The highest BCUT2D eigenvalue weighted by molar-refractivity contribution is 8.13. The third-order valence-electron chi connectivity index (χ3n) is 4.66. The lowest BCUT2D eigenvalue weighted by Crippen LogP contribution is -2.65. The van der Waals surface area contributed by atoms with Crippen LogP contribution in [0.2, 0.25) is 0 Å². The molecule has 3 heterocycles. The summed E-state index contributed by atoms with van der Waals surface area (Å²) in [5, 5.41) is 4.14. The molecule has 1 aromatic heterocycles. The molecule has 0 spiro atoms. The zero-order valence-electron chi connectivity index (χ0n) is 13.3. The molecule has 0 aliphatic carbocycles. The molecular weight excluding hydrogens is 340 g/mol. The fourth-order valence-corrected chi connectivity index (χ4v) is 4.89. The second-order valence-electron chi connectivity index (χ2n) is 6.21. The van der Waals surface area contributed by atoms with Crippen LogP contribution in [0.5, 0.6) is 0 Å². The van der Waals surface area contributed by atoms with Crippen LogP contribution < -0.4 is 0 Å². The molecule has 4 nitrogen and oxygen atoms in total. The molecule has 2 amide bonds. The molecule has 0 bridgehead atoms. The van der Waals surface area contributed by atoms with Gasteiger partial charge in [-0.25, -0.2) is 0 Å². The summed E-state index contributed by atoms with van der Waals surface area (Å²) in [5.41, 5.74) is 3.46. The number of thioether (sulfide) groups is 1. The lowest BCUT2D eigenvalue weighted by atomic mass is 9.88. The van der Waals surface area contributed by atoms with Gasteiger partial charge in [-0.1, -0.05) is 41.6 Å². The quantitative estimate of drug-likeness (QED) is 0.783. The molecule has 0 saturated carbocycles. The van der Waals surface area contributed by atoms with E-state index in [1.807, 2.05) is 10.3 Å². The van der Waals surface area contributed by atoms with Crippen LogP contribution in [0.15, 0.2) is 41.1 Å². The number of carbonyl (C=O) groups is 2. The molecule has 2 atom stereocenters. The second kappa shape index (κ2) is 6.26. The Bertz CT molecular complexity index is 758. The van der Waals surface area contributed by atoms with Crippen LogP contribution in [0, 0.1) is 6.92 Å². The Morgan fingerprint density at radius 1 is 1.12 bits per heavy atom. The number of thiophene rings is 1. The molecule has 1 aromatic carbocycles. The fraction of sp³-hybridized carbons (Fsp3) is 0.333. The molecule has 2 aromatic rings. The minimum Gasteiger partial charge on any atom is -0.327 e. The first-order valence-corrected chi connectivity index (χ1v) is 9.89. The Kier molecular flexibility index (Phi) is 4.10. The highest BCUT2D eigenvalue weighted by atomic mass is 32.2. The minimum absolute atomic E-state index is 0.0311. The van der Waals surface area contributed by atoms with Crippen molar-refractivity contribution in [2.75, 3.05) is 12.3 Å². The summed E-state index contributed by atoms with van der Waals surface area (Å²) < 4.78 is 0. The maximum Gasteiger partial charge on any atom is 0.282 e. The van der Waals surface area contributed by atoms with Gasteiger partial charge < -0.3 is 9.80 Å². The van der Waals surface area contributed by atoms with Crippen LogP contribution in [0.4, 0.5) is 4.79 Å². The normalized spacial score (nSPS) is 23.7. The van der Waals surface area contributed by atoms with Gasteiger partial charge in [0.15, 0.2) is 0 Å². The summed E-state index contributed by atoms with van der Waals surface area (Å²) in [6, 6.07) is 9.95. The third kappa shape index (κ3) is 2.63. The number of benzene rings is 1. The molecule has 0 unspecified atom stereocenters. The number of likely N-dealkylation sites (tertiary alicyclic amines) is 1. The summed E-state index contributed by atoms with van der Waals surface area (Å²) in [7, 11) is 0. The number of aryl methyl sites for hydroxylation is 1. The first kappa shape index (κ1) is 15.7. The maximum atomic E-state index is 12.8. The lowest BCUT2D eigenvalue weighted by Gasteiger charge is -2.50. The highest BCUT2D eigenvalue weighted by Gasteiger charge is 2.53. The van der Waals surface area contributed by atoms with E-state index in [1.165, 1.54) is 17.3 Å². The Hall–Kier alpha value is -1.79. The van der Waals surface area contributed by atoms with Gasteiger partial charge in [-0.05, 0) is 34.9 Å². The topological polar surface area (TPSA) is 40.6 Å². The van der Waals surface area contributed by atoms with E-state index >= 15 is 0 Å². The lowest BCUT2D eigenvalue weighted by molar-refractivity contribution is -0.158. The highest BCUT2D eigenvalue weighted by Crippen LogP contribution is 2.42. The monoisotopic (exact) mass is 358 g/mol. The van der Waals surface area contributed by atoms with Gasteiger partial charge in [-0.15, -0.1) is 0 Å². The van der Waals surface area contributed by atoms with Gasteiger partial charge in [-0.3, -0.25) is 9.59 Å². The van der Waals surface area contributed by atoms with E-state index < -0.39 is 0 Å². The average molecular weight is 358 g/mol. The summed E-state index contributed by atoms with van der Waals surface area (Å²) in [5.74, 6) is 0.833. The predicted octanol–water partition coefficient (Wildman–Crippen LogP) is 3.68. The molecular formula is C18H18N2O2S2. The first-order chi connectivity index (χ1) is 11.6. The van der Waals surface area contributed by atoms with Crippen LogP contribution in [0.1, 0.15) is 22.7 Å². The number of hydrogen-bond acceptors (Lipinski definition) is 4. The second-order valence-corrected chi connectivity index (χ2v) is 8.03. The van der Waals surface area contributed by atoms with Crippen molar-refractivity contribution >= 4 is 34.2 Å². The van der Waals surface area contributed by atoms with Crippen LogP contribution in [0.25, 0.3) is 0 Å². The Labute approximate surface area is 149 Å². The van der Waals surface area contributed by atoms with Crippen molar-refractivity contribution in [2.24, 2.45) is 0 Å². The third-order valence-corrected chi connectivity index (χ3v) is 6.23. The Morgan fingerprint density at radius 2 is 1.92 bits per heavy atom. The van der Waals surface area contributed by atoms with Crippen molar-refractivity contribution < 1.29 is 9.59 Å². The minimum atomic E-state index is -0.340. The van der Waals surface area contributed by atoms with E-state index in [2.05, 4.69) is 42.6 Å². The largest absolute Gasteiger partial charge is 0.327 e. The maximum absolute atomic E-state index is 12.8. The zero-order valence-corrected chi connectivity index (χ0v) is 15.0. The summed E-state index contributed by atoms with van der Waals surface area (Å²) in [4.78, 5) is 28.5. The molecule has 0 N–H and O–H groups in total. The van der Waals surface area contributed by atoms with E-state index in [4.69, 9.17) is 0 Å². The van der Waals surface area contributed by atoms with Crippen molar-refractivity contribution in [1.29, 1.82) is 0 Å². The number of amides is 2. The smallest absolute Gasteiger partial charge is 0.282 e. The van der Waals surface area contributed by atoms with Crippen molar-refractivity contribution in [3.8, 4) is 0 Å². The molecule has 2 aliphatic rings. The SMILES string of the molecule is Cc1ccc(CN2C(=O)[C@@H](N3CCSC3=O)[C@@H]2c2ccsc2)cc1. The first-order valence-electron chi connectivity index (χ1n) is 7.96. The molecule has 6 heteroatoms.